The topological polar surface area (TPSA) is 91.4 Å². The standard InChI is InChI=1S/C36H46F3N5S2/c1-3-4-5-6-7-8-9-10-11-12-13-14-15-17-26-23-33(32-18-16-19-45-32)46-35(26)27-21-29(28(41)20-25(2)40)42-30(22-27)31-24-34(44-43-31)36(37,38)39/h16,18-24,41H,3-15,17,40H2,1-2H3,(H,43,44). The lowest BCUT2D eigenvalue weighted by molar-refractivity contribution is -0.141. The maximum absolute atomic E-state index is 13.4. The van der Waals surface area contributed by atoms with Crippen molar-refractivity contribution in [3.05, 3.63) is 70.5 Å². The smallest absolute Gasteiger partial charge is 0.402 e. The number of hydrogen-bond acceptors (Lipinski definition) is 6. The number of thiophene rings is 2. The molecule has 0 aliphatic carbocycles. The van der Waals surface area contributed by atoms with Gasteiger partial charge in [0.1, 0.15) is 11.4 Å². The summed E-state index contributed by atoms with van der Waals surface area (Å²) in [6, 6.07) is 11.0. The Labute approximate surface area is 279 Å². The van der Waals surface area contributed by atoms with E-state index in [0.29, 0.717) is 11.4 Å². The summed E-state index contributed by atoms with van der Waals surface area (Å²) < 4.78 is 40.1. The Morgan fingerprint density at radius 3 is 2.11 bits per heavy atom. The second kappa shape index (κ2) is 17.6. The van der Waals surface area contributed by atoms with Gasteiger partial charge in [-0.2, -0.15) is 18.3 Å². The van der Waals surface area contributed by atoms with Crippen LogP contribution in [0, 0.1) is 5.41 Å². The molecule has 0 fully saturated rings. The van der Waals surface area contributed by atoms with Gasteiger partial charge in [-0.15, -0.1) is 22.7 Å². The molecule has 0 unspecified atom stereocenters. The van der Waals surface area contributed by atoms with E-state index >= 15 is 0 Å². The van der Waals surface area contributed by atoms with Crippen LogP contribution in [0.4, 0.5) is 13.2 Å². The molecule has 4 N–H and O–H groups in total. The lowest BCUT2D eigenvalue weighted by Gasteiger charge is -2.09. The van der Waals surface area contributed by atoms with Crippen LogP contribution in [-0.4, -0.2) is 20.9 Å². The highest BCUT2D eigenvalue weighted by Gasteiger charge is 2.33. The molecule has 4 heterocycles. The minimum absolute atomic E-state index is 0.0738. The van der Waals surface area contributed by atoms with E-state index in [-0.39, 0.29) is 17.1 Å². The molecule has 4 aromatic heterocycles. The lowest BCUT2D eigenvalue weighted by Crippen LogP contribution is -2.05. The van der Waals surface area contributed by atoms with Gasteiger partial charge in [0, 0.05) is 20.3 Å². The van der Waals surface area contributed by atoms with Crippen molar-refractivity contribution in [2.24, 2.45) is 5.73 Å². The number of nitrogens with zero attached hydrogens (tertiary/aromatic N) is 2. The highest BCUT2D eigenvalue weighted by Crippen LogP contribution is 2.42. The first kappa shape index (κ1) is 35.6. The van der Waals surface area contributed by atoms with Crippen molar-refractivity contribution >= 4 is 28.4 Å². The van der Waals surface area contributed by atoms with Crippen LogP contribution in [-0.2, 0) is 12.6 Å². The highest BCUT2D eigenvalue weighted by atomic mass is 32.1. The molecule has 4 aromatic rings. The van der Waals surface area contributed by atoms with E-state index in [4.69, 9.17) is 11.1 Å². The fourth-order valence-electron chi connectivity index (χ4n) is 5.56. The van der Waals surface area contributed by atoms with Gasteiger partial charge >= 0.3 is 6.18 Å². The number of pyridine rings is 1. The zero-order valence-corrected chi connectivity index (χ0v) is 28.6. The van der Waals surface area contributed by atoms with Crippen LogP contribution in [0.3, 0.4) is 0 Å². The molecule has 0 aliphatic heterocycles. The first-order valence-corrected chi connectivity index (χ1v) is 18.2. The zero-order chi connectivity index (χ0) is 32.9. The van der Waals surface area contributed by atoms with Gasteiger partial charge in [0.2, 0.25) is 0 Å². The first-order chi connectivity index (χ1) is 22.2. The first-order valence-electron chi connectivity index (χ1n) is 16.5. The van der Waals surface area contributed by atoms with Gasteiger partial charge in [-0.25, -0.2) is 4.98 Å². The van der Waals surface area contributed by atoms with Gasteiger partial charge in [-0.05, 0) is 72.7 Å². The van der Waals surface area contributed by atoms with Crippen molar-refractivity contribution in [2.45, 2.75) is 110 Å². The fraction of sp³-hybridized carbons (Fsp3) is 0.472. The fourth-order valence-corrected chi connectivity index (χ4v) is 7.59. The number of aromatic nitrogens is 3. The third-order valence-corrected chi connectivity index (χ3v) is 10.3. The number of aromatic amines is 1. The molecule has 5 nitrogen and oxygen atoms in total. The Kier molecular flexibility index (Phi) is 13.6. The number of H-pyrrole nitrogens is 1. The van der Waals surface area contributed by atoms with Crippen LogP contribution in [0.5, 0.6) is 0 Å². The third-order valence-electron chi connectivity index (χ3n) is 8.00. The monoisotopic (exact) mass is 669 g/mol. The molecule has 4 rings (SSSR count). The van der Waals surface area contributed by atoms with Crippen LogP contribution in [0.2, 0.25) is 0 Å². The van der Waals surface area contributed by atoms with Gasteiger partial charge < -0.3 is 5.73 Å². The van der Waals surface area contributed by atoms with E-state index in [1.165, 1.54) is 87.1 Å². The molecule has 0 bridgehead atoms. The minimum atomic E-state index is -4.55. The largest absolute Gasteiger partial charge is 0.432 e. The van der Waals surface area contributed by atoms with Crippen molar-refractivity contribution < 1.29 is 13.2 Å². The van der Waals surface area contributed by atoms with Gasteiger partial charge in [0.05, 0.1) is 17.1 Å². The second-order valence-corrected chi connectivity index (χ2v) is 14.0. The summed E-state index contributed by atoms with van der Waals surface area (Å²) in [6.45, 7) is 3.94. The maximum atomic E-state index is 13.4. The molecule has 0 amide bonds. The Balaban J connectivity index is 1.49. The van der Waals surface area contributed by atoms with E-state index in [1.807, 2.05) is 12.1 Å². The molecule has 0 aromatic carbocycles. The second-order valence-electron chi connectivity index (χ2n) is 12.0. The van der Waals surface area contributed by atoms with Crippen LogP contribution in [0.15, 0.2) is 53.6 Å². The Hall–Kier alpha value is -3.24. The quantitative estimate of drug-likeness (QED) is 0.0685. The average molecular weight is 670 g/mol. The molecule has 10 heteroatoms. The normalized spacial score (nSPS) is 12.2. The van der Waals surface area contributed by atoms with E-state index in [2.05, 4.69) is 39.6 Å². The average Bonchev–Trinajstić information content (AvgIpc) is 3.80. The summed E-state index contributed by atoms with van der Waals surface area (Å²) in [5.41, 5.74) is 8.12. The number of halogens is 3. The molecular weight excluding hydrogens is 624 g/mol. The van der Waals surface area contributed by atoms with Crippen LogP contribution >= 0.6 is 22.7 Å². The summed E-state index contributed by atoms with van der Waals surface area (Å²) in [4.78, 5) is 7.91. The Bertz CT molecular complexity index is 1550. The van der Waals surface area contributed by atoms with E-state index in [9.17, 15) is 13.2 Å². The van der Waals surface area contributed by atoms with Gasteiger partial charge in [0.25, 0.3) is 0 Å². The minimum Gasteiger partial charge on any atom is -0.402 e. The number of nitrogens with one attached hydrogen (secondary N) is 2. The predicted molar refractivity (Wildman–Crippen MR) is 188 cm³/mol. The predicted octanol–water partition coefficient (Wildman–Crippen LogP) is 11.8. The summed E-state index contributed by atoms with van der Waals surface area (Å²) in [5.74, 6) is 0. The maximum Gasteiger partial charge on any atom is 0.432 e. The summed E-state index contributed by atoms with van der Waals surface area (Å²) in [5, 5.41) is 16.7. The van der Waals surface area contributed by atoms with Crippen LogP contribution in [0.25, 0.3) is 31.6 Å². The third kappa shape index (κ3) is 10.7. The molecule has 46 heavy (non-hydrogen) atoms. The SMILES string of the molecule is CCCCCCCCCCCCCCCc1cc(-c2cccs2)sc1-c1cc(C(=N)C=C(C)N)nc(-c2cc(C(F)(F)F)[nH]n2)c1. The molecule has 0 aliphatic rings. The van der Waals surface area contributed by atoms with Gasteiger partial charge in [0.15, 0.2) is 0 Å². The van der Waals surface area contributed by atoms with Gasteiger partial charge in [-0.1, -0.05) is 90.0 Å². The highest BCUT2D eigenvalue weighted by molar-refractivity contribution is 7.23. The number of hydrogen-bond donors (Lipinski definition) is 3. The van der Waals surface area contributed by atoms with Crippen molar-refractivity contribution in [2.75, 3.05) is 0 Å². The number of unbranched alkanes of at least 4 members (excludes halogenated alkanes) is 12. The molecule has 0 spiro atoms. The summed E-state index contributed by atoms with van der Waals surface area (Å²) in [7, 11) is 0. The molecule has 0 atom stereocenters. The molecule has 248 valence electrons. The van der Waals surface area contributed by atoms with Crippen LogP contribution in [0.1, 0.15) is 114 Å². The van der Waals surface area contributed by atoms with E-state index in [1.54, 1.807) is 35.7 Å². The molecule has 0 saturated carbocycles. The van der Waals surface area contributed by atoms with Gasteiger partial charge in [-0.3, -0.25) is 10.5 Å². The lowest BCUT2D eigenvalue weighted by atomic mass is 10.0. The number of aryl methyl sites for hydroxylation is 1. The summed E-state index contributed by atoms with van der Waals surface area (Å²) in [6.07, 6.45) is 14.7. The molecule has 0 saturated heterocycles. The van der Waals surface area contributed by atoms with Crippen LogP contribution < -0.4 is 5.73 Å². The van der Waals surface area contributed by atoms with Crippen molar-refractivity contribution in [1.29, 1.82) is 5.41 Å². The molecule has 0 radical (unpaired) electrons. The zero-order valence-electron chi connectivity index (χ0n) is 26.9. The van der Waals surface area contributed by atoms with Crippen molar-refractivity contribution in [1.82, 2.24) is 15.2 Å². The Morgan fingerprint density at radius 2 is 1.54 bits per heavy atom. The summed E-state index contributed by atoms with van der Waals surface area (Å²) >= 11 is 3.35. The van der Waals surface area contributed by atoms with E-state index in [0.717, 1.165) is 40.6 Å². The molecular formula is C36H46F3N5S2. The van der Waals surface area contributed by atoms with E-state index < -0.39 is 11.9 Å². The number of nitrogens with two attached hydrogens (primary N) is 1. The van der Waals surface area contributed by atoms with Crippen molar-refractivity contribution in [3.8, 4) is 31.6 Å². The Morgan fingerprint density at radius 1 is 0.891 bits per heavy atom. The number of allylic oxidation sites excluding steroid dienone is 2. The number of rotatable bonds is 19. The number of alkyl halides is 3. The van der Waals surface area contributed by atoms with Crippen molar-refractivity contribution in [3.63, 3.8) is 0 Å².